The van der Waals surface area contributed by atoms with E-state index >= 15 is 0 Å². The third kappa shape index (κ3) is 5.17. The molecule has 3 N–H and O–H groups in total. The van der Waals surface area contributed by atoms with E-state index in [4.69, 9.17) is 5.73 Å². The van der Waals surface area contributed by atoms with Crippen molar-refractivity contribution in [3.05, 3.63) is 41.5 Å². The summed E-state index contributed by atoms with van der Waals surface area (Å²) in [4.78, 5) is 4.44. The quantitative estimate of drug-likeness (QED) is 0.420. The number of halogens is 1. The van der Waals surface area contributed by atoms with Crippen LogP contribution in [0.4, 0.5) is 5.69 Å². The molecule has 136 valence electrons. The van der Waals surface area contributed by atoms with Crippen molar-refractivity contribution < 1.29 is 0 Å². The predicted octanol–water partition coefficient (Wildman–Crippen LogP) is 3.67. The Hall–Kier alpha value is -1.64. The van der Waals surface area contributed by atoms with Gasteiger partial charge >= 0.3 is 0 Å². The molecule has 1 aliphatic rings. The summed E-state index contributed by atoms with van der Waals surface area (Å²) in [6.45, 7) is 5.79. The van der Waals surface area contributed by atoms with Crippen LogP contribution >= 0.6 is 24.0 Å². The zero-order valence-electron chi connectivity index (χ0n) is 14.9. The molecule has 0 unspecified atom stereocenters. The second-order valence-corrected chi connectivity index (χ2v) is 6.60. The summed E-state index contributed by atoms with van der Waals surface area (Å²) >= 11 is 0. The molecule has 0 fully saturated rings. The fourth-order valence-corrected chi connectivity index (χ4v) is 2.98. The Bertz CT molecular complexity index is 722. The zero-order chi connectivity index (χ0) is 16.9. The van der Waals surface area contributed by atoms with Gasteiger partial charge in [-0.1, -0.05) is 32.4 Å². The van der Waals surface area contributed by atoms with Crippen LogP contribution in [0.3, 0.4) is 0 Å². The van der Waals surface area contributed by atoms with Crippen LogP contribution < -0.4 is 11.1 Å². The van der Waals surface area contributed by atoms with E-state index in [-0.39, 0.29) is 24.0 Å². The first-order valence-electron chi connectivity index (χ1n) is 8.71. The van der Waals surface area contributed by atoms with E-state index in [1.165, 1.54) is 24.8 Å². The molecule has 6 nitrogen and oxygen atoms in total. The van der Waals surface area contributed by atoms with Crippen molar-refractivity contribution in [1.29, 1.82) is 0 Å². The van der Waals surface area contributed by atoms with Gasteiger partial charge in [-0.15, -0.1) is 34.2 Å². The van der Waals surface area contributed by atoms with Crippen LogP contribution in [0.1, 0.15) is 56.2 Å². The smallest absolute Gasteiger partial charge is 0.193 e. The van der Waals surface area contributed by atoms with E-state index in [2.05, 4.69) is 51.1 Å². The largest absolute Gasteiger partial charge is 0.370 e. The van der Waals surface area contributed by atoms with Crippen LogP contribution in [0.25, 0.3) is 0 Å². The lowest BCUT2D eigenvalue weighted by Gasteiger charge is -2.10. The van der Waals surface area contributed by atoms with Crippen molar-refractivity contribution in [1.82, 2.24) is 14.8 Å². The summed E-state index contributed by atoms with van der Waals surface area (Å²) in [5, 5.41) is 11.7. The molecule has 0 bridgehead atoms. The standard InChI is InChI=1S/C18H26N6.HI/c1-13(2)14-7-6-8-15(11-14)21-18(19)20-12-17-23-22-16-9-4-3-5-10-24(16)17;/h6-8,11,13H,3-5,9-10,12H2,1-2H3,(H3,19,20,21);1H. The summed E-state index contributed by atoms with van der Waals surface area (Å²) in [6, 6.07) is 8.26. The Kier molecular flexibility index (Phi) is 7.22. The lowest BCUT2D eigenvalue weighted by molar-refractivity contribution is 0.606. The number of anilines is 1. The second kappa shape index (κ2) is 9.17. The van der Waals surface area contributed by atoms with E-state index < -0.39 is 0 Å². The molecule has 0 amide bonds. The van der Waals surface area contributed by atoms with Gasteiger partial charge in [-0.25, -0.2) is 4.99 Å². The third-order valence-electron chi connectivity index (χ3n) is 4.40. The maximum absolute atomic E-state index is 6.04. The van der Waals surface area contributed by atoms with Gasteiger partial charge in [-0.2, -0.15) is 0 Å². The summed E-state index contributed by atoms with van der Waals surface area (Å²) in [5.41, 5.74) is 8.27. The molecule has 25 heavy (non-hydrogen) atoms. The molecular weight excluding hydrogens is 427 g/mol. The number of rotatable bonds is 4. The van der Waals surface area contributed by atoms with Crippen LogP contribution in [0.2, 0.25) is 0 Å². The number of nitrogens with zero attached hydrogens (tertiary/aromatic N) is 4. The van der Waals surface area contributed by atoms with Crippen molar-refractivity contribution in [2.75, 3.05) is 5.32 Å². The number of nitrogens with two attached hydrogens (primary N) is 1. The van der Waals surface area contributed by atoms with Crippen LogP contribution in [-0.2, 0) is 19.5 Å². The monoisotopic (exact) mass is 454 g/mol. The summed E-state index contributed by atoms with van der Waals surface area (Å²) in [6.07, 6.45) is 4.63. The number of guanidine groups is 1. The number of hydrogen-bond acceptors (Lipinski definition) is 3. The van der Waals surface area contributed by atoms with Gasteiger partial charge in [-0.3, -0.25) is 0 Å². The van der Waals surface area contributed by atoms with Crippen molar-refractivity contribution in [3.63, 3.8) is 0 Å². The number of aliphatic imine (C=N–C) groups is 1. The highest BCUT2D eigenvalue weighted by molar-refractivity contribution is 14.0. The van der Waals surface area contributed by atoms with Crippen molar-refractivity contribution in [2.45, 2.75) is 58.5 Å². The van der Waals surface area contributed by atoms with Gasteiger partial charge in [0.2, 0.25) is 0 Å². The molecule has 0 atom stereocenters. The SMILES string of the molecule is CC(C)c1cccc(NC(N)=NCc2nnc3n2CCCCC3)c1.I. The molecule has 7 heteroatoms. The Morgan fingerprint density at radius 1 is 1.28 bits per heavy atom. The molecule has 1 aromatic carbocycles. The van der Waals surface area contributed by atoms with Gasteiger partial charge in [0.25, 0.3) is 0 Å². The molecule has 3 rings (SSSR count). The number of aromatic nitrogens is 3. The number of nitrogens with one attached hydrogen (secondary N) is 1. The second-order valence-electron chi connectivity index (χ2n) is 6.60. The van der Waals surface area contributed by atoms with Gasteiger partial charge in [0.15, 0.2) is 11.8 Å². The fourth-order valence-electron chi connectivity index (χ4n) is 2.98. The first kappa shape index (κ1) is 19.7. The van der Waals surface area contributed by atoms with Crippen molar-refractivity contribution >= 4 is 35.6 Å². The molecule has 2 heterocycles. The topological polar surface area (TPSA) is 81.1 Å². The number of hydrogen-bond donors (Lipinski definition) is 2. The molecular formula is C18H27IN6. The van der Waals surface area contributed by atoms with Crippen molar-refractivity contribution in [2.24, 2.45) is 10.7 Å². The van der Waals surface area contributed by atoms with Crippen LogP contribution in [0.15, 0.2) is 29.3 Å². The lowest BCUT2D eigenvalue weighted by atomic mass is 10.0. The third-order valence-corrected chi connectivity index (χ3v) is 4.40. The minimum Gasteiger partial charge on any atom is -0.370 e. The van der Waals surface area contributed by atoms with Gasteiger partial charge in [0.1, 0.15) is 12.4 Å². The van der Waals surface area contributed by atoms with E-state index in [0.717, 1.165) is 30.3 Å². The molecule has 0 aliphatic carbocycles. The first-order valence-corrected chi connectivity index (χ1v) is 8.71. The predicted molar refractivity (Wildman–Crippen MR) is 112 cm³/mol. The van der Waals surface area contributed by atoms with Crippen LogP contribution in [0, 0.1) is 0 Å². The van der Waals surface area contributed by atoms with E-state index in [9.17, 15) is 0 Å². The van der Waals surface area contributed by atoms with Crippen LogP contribution in [-0.4, -0.2) is 20.7 Å². The first-order chi connectivity index (χ1) is 11.6. The minimum atomic E-state index is 0. The van der Waals surface area contributed by atoms with E-state index in [1.807, 2.05) is 12.1 Å². The number of aryl methyl sites for hydroxylation is 1. The normalized spacial score (nSPS) is 14.6. The zero-order valence-corrected chi connectivity index (χ0v) is 17.2. The molecule has 0 spiro atoms. The highest BCUT2D eigenvalue weighted by atomic mass is 127. The Balaban J connectivity index is 0.00000225. The fraction of sp³-hybridized carbons (Fsp3) is 0.500. The average Bonchev–Trinajstić information content (AvgIpc) is 2.80. The molecule has 0 radical (unpaired) electrons. The van der Waals surface area contributed by atoms with E-state index in [1.54, 1.807) is 0 Å². The molecule has 2 aromatic rings. The van der Waals surface area contributed by atoms with E-state index in [0.29, 0.717) is 18.4 Å². The number of fused-ring (bicyclic) bond motifs is 1. The summed E-state index contributed by atoms with van der Waals surface area (Å²) < 4.78 is 2.20. The molecule has 1 aromatic heterocycles. The van der Waals surface area contributed by atoms with Crippen LogP contribution in [0.5, 0.6) is 0 Å². The van der Waals surface area contributed by atoms with Crippen molar-refractivity contribution in [3.8, 4) is 0 Å². The molecule has 0 saturated carbocycles. The number of benzene rings is 1. The summed E-state index contributed by atoms with van der Waals surface area (Å²) in [7, 11) is 0. The summed E-state index contributed by atoms with van der Waals surface area (Å²) in [5.74, 6) is 2.86. The van der Waals surface area contributed by atoms with Gasteiger partial charge in [0.05, 0.1) is 0 Å². The maximum Gasteiger partial charge on any atom is 0.193 e. The Morgan fingerprint density at radius 3 is 2.92 bits per heavy atom. The minimum absolute atomic E-state index is 0. The average molecular weight is 454 g/mol. The maximum atomic E-state index is 6.04. The molecule has 0 saturated heterocycles. The Labute approximate surface area is 166 Å². The lowest BCUT2D eigenvalue weighted by Crippen LogP contribution is -2.23. The van der Waals surface area contributed by atoms with Gasteiger partial charge in [-0.05, 0) is 36.5 Å². The van der Waals surface area contributed by atoms with Gasteiger partial charge < -0.3 is 15.6 Å². The highest BCUT2D eigenvalue weighted by Gasteiger charge is 2.14. The van der Waals surface area contributed by atoms with Gasteiger partial charge in [0, 0.05) is 18.7 Å². The molecule has 1 aliphatic heterocycles. The Morgan fingerprint density at radius 2 is 2.12 bits per heavy atom. The highest BCUT2D eigenvalue weighted by Crippen LogP contribution is 2.18.